The van der Waals surface area contributed by atoms with Crippen molar-refractivity contribution in [2.24, 2.45) is 0 Å². The molecule has 8 nitrogen and oxygen atoms in total. The highest BCUT2D eigenvalue weighted by Gasteiger charge is 2.31. The number of esters is 1. The summed E-state index contributed by atoms with van der Waals surface area (Å²) < 4.78 is 5.44. The molecule has 2 heterocycles. The Labute approximate surface area is 289 Å². The van der Waals surface area contributed by atoms with Gasteiger partial charge in [-0.1, -0.05) is 43.3 Å². The van der Waals surface area contributed by atoms with Crippen molar-refractivity contribution in [1.29, 1.82) is 0 Å². The highest BCUT2D eigenvalue weighted by Crippen LogP contribution is 2.39. The maximum atomic E-state index is 13.7. The van der Waals surface area contributed by atoms with Crippen molar-refractivity contribution in [3.05, 3.63) is 106 Å². The molecular weight excluding hydrogens is 649 g/mol. The number of nitrogens with zero attached hydrogens (tertiary/aromatic N) is 1. The van der Waals surface area contributed by atoms with Crippen LogP contribution in [0.5, 0.6) is 0 Å². The summed E-state index contributed by atoms with van der Waals surface area (Å²) in [6.45, 7) is 7.92. The Kier molecular flexibility index (Phi) is 11.8. The van der Waals surface area contributed by atoms with Gasteiger partial charge >= 0.3 is 5.97 Å². The van der Waals surface area contributed by atoms with Crippen molar-refractivity contribution < 1.29 is 19.1 Å². The Morgan fingerprint density at radius 3 is 2.40 bits per heavy atom. The first-order valence-corrected chi connectivity index (χ1v) is 17.7. The maximum Gasteiger partial charge on any atom is 0.341 e. The molecule has 4 aromatic rings. The monoisotopic (exact) mass is 686 g/mol. The van der Waals surface area contributed by atoms with Gasteiger partial charge in [-0.3, -0.25) is 14.5 Å². The van der Waals surface area contributed by atoms with E-state index in [2.05, 4.69) is 33.0 Å². The topological polar surface area (TPSA) is 99.8 Å². The maximum absolute atomic E-state index is 13.7. The van der Waals surface area contributed by atoms with E-state index in [0.717, 1.165) is 46.2 Å². The van der Waals surface area contributed by atoms with E-state index in [1.807, 2.05) is 49.4 Å². The second kappa shape index (κ2) is 16.2. The second-order valence-electron chi connectivity index (χ2n) is 11.1. The largest absolute Gasteiger partial charge is 0.462 e. The fourth-order valence-electron chi connectivity index (χ4n) is 5.35. The van der Waals surface area contributed by atoms with E-state index in [-0.39, 0.29) is 23.5 Å². The zero-order chi connectivity index (χ0) is 33.3. The third-order valence-corrected chi connectivity index (χ3v) is 10.4. The quantitative estimate of drug-likeness (QED) is 0.0593. The summed E-state index contributed by atoms with van der Waals surface area (Å²) in [5.41, 5.74) is 4.89. The summed E-state index contributed by atoms with van der Waals surface area (Å²) in [4.78, 5) is 42.7. The summed E-state index contributed by atoms with van der Waals surface area (Å²) in [6, 6.07) is 25.2. The van der Waals surface area contributed by atoms with Gasteiger partial charge in [-0.05, 0) is 92.5 Å². The molecular formula is C36H38N4O4S3. The van der Waals surface area contributed by atoms with Gasteiger partial charge in [0, 0.05) is 46.3 Å². The molecule has 0 saturated heterocycles. The lowest BCUT2D eigenvalue weighted by Gasteiger charge is -2.27. The van der Waals surface area contributed by atoms with Crippen molar-refractivity contribution >= 4 is 74.5 Å². The van der Waals surface area contributed by atoms with Gasteiger partial charge in [0.15, 0.2) is 10.9 Å². The molecule has 0 fully saturated rings. The van der Waals surface area contributed by atoms with Crippen LogP contribution in [0.15, 0.2) is 83.8 Å². The number of carbonyl (C=O) groups excluding carboxylic acids is 3. The van der Waals surface area contributed by atoms with Crippen molar-refractivity contribution in [3.63, 3.8) is 0 Å². The molecule has 3 N–H and O–H groups in total. The van der Waals surface area contributed by atoms with Gasteiger partial charge in [0.2, 0.25) is 5.91 Å². The molecule has 1 aliphatic heterocycles. The molecule has 1 unspecified atom stereocenters. The molecule has 47 heavy (non-hydrogen) atoms. The van der Waals surface area contributed by atoms with E-state index < -0.39 is 5.97 Å². The van der Waals surface area contributed by atoms with Crippen LogP contribution in [0.4, 0.5) is 16.4 Å². The fourth-order valence-corrected chi connectivity index (χ4v) is 7.88. The van der Waals surface area contributed by atoms with E-state index in [1.165, 1.54) is 35.6 Å². The fraction of sp³-hybridized carbons (Fsp3) is 0.278. The van der Waals surface area contributed by atoms with E-state index in [1.54, 1.807) is 31.2 Å². The zero-order valence-corrected chi connectivity index (χ0v) is 29.1. The van der Waals surface area contributed by atoms with Crippen molar-refractivity contribution in [2.75, 3.05) is 29.1 Å². The first-order valence-electron chi connectivity index (χ1n) is 15.6. The summed E-state index contributed by atoms with van der Waals surface area (Å²) in [5, 5.41) is 10.00. The Balaban J connectivity index is 1.25. The first kappa shape index (κ1) is 34.3. The first-order chi connectivity index (χ1) is 22.7. The number of benzene rings is 3. The van der Waals surface area contributed by atoms with E-state index in [9.17, 15) is 14.4 Å². The molecule has 0 aliphatic carbocycles. The van der Waals surface area contributed by atoms with Crippen molar-refractivity contribution in [2.45, 2.75) is 56.8 Å². The number of nitrogens with one attached hydrogen (secondary N) is 3. The average molecular weight is 687 g/mol. The number of hydrogen-bond acceptors (Lipinski definition) is 8. The van der Waals surface area contributed by atoms with E-state index >= 15 is 0 Å². The number of ketones is 1. The van der Waals surface area contributed by atoms with Crippen LogP contribution in [0.25, 0.3) is 0 Å². The van der Waals surface area contributed by atoms with Crippen LogP contribution >= 0.6 is 35.3 Å². The Morgan fingerprint density at radius 2 is 1.70 bits per heavy atom. The number of ether oxygens (including phenoxy) is 1. The summed E-state index contributed by atoms with van der Waals surface area (Å²) in [6.07, 6.45) is 1.31. The van der Waals surface area contributed by atoms with E-state index in [0.29, 0.717) is 34.2 Å². The van der Waals surface area contributed by atoms with Gasteiger partial charge in [0.25, 0.3) is 0 Å². The number of thioether (sulfide) groups is 1. The number of thiocarbonyl (C=S) groups is 1. The van der Waals surface area contributed by atoms with Crippen LogP contribution in [0.2, 0.25) is 0 Å². The minimum Gasteiger partial charge on any atom is -0.462 e. The molecule has 244 valence electrons. The number of carbonyl (C=O) groups is 3. The number of amides is 1. The lowest BCUT2D eigenvalue weighted by Crippen LogP contribution is -2.30. The predicted octanol–water partition coefficient (Wildman–Crippen LogP) is 8.00. The van der Waals surface area contributed by atoms with Crippen LogP contribution in [-0.2, 0) is 29.0 Å². The van der Waals surface area contributed by atoms with Crippen LogP contribution in [0, 0.1) is 0 Å². The van der Waals surface area contributed by atoms with E-state index in [4.69, 9.17) is 17.0 Å². The van der Waals surface area contributed by atoms with Gasteiger partial charge in [-0.25, -0.2) is 4.79 Å². The second-order valence-corrected chi connectivity index (χ2v) is 13.9. The highest BCUT2D eigenvalue weighted by atomic mass is 32.2. The molecule has 0 bridgehead atoms. The highest BCUT2D eigenvalue weighted by molar-refractivity contribution is 8.00. The molecule has 11 heteroatoms. The lowest BCUT2D eigenvalue weighted by atomic mass is 10.0. The average Bonchev–Trinajstić information content (AvgIpc) is 3.41. The minimum atomic E-state index is -0.393. The molecule has 1 amide bonds. The van der Waals surface area contributed by atoms with Gasteiger partial charge in [0.05, 0.1) is 17.4 Å². The smallest absolute Gasteiger partial charge is 0.341 e. The number of anilines is 3. The number of fused-ring (bicyclic) bond motifs is 1. The van der Waals surface area contributed by atoms with Crippen LogP contribution in [0.3, 0.4) is 0 Å². The molecule has 3 aromatic carbocycles. The molecule has 0 spiro atoms. The number of hydrogen-bond donors (Lipinski definition) is 3. The Hall–Kier alpha value is -4.03. The van der Waals surface area contributed by atoms with Crippen molar-refractivity contribution in [1.82, 2.24) is 4.90 Å². The predicted molar refractivity (Wildman–Crippen MR) is 196 cm³/mol. The lowest BCUT2D eigenvalue weighted by molar-refractivity contribution is -0.115. The Morgan fingerprint density at radius 1 is 0.957 bits per heavy atom. The third-order valence-electron chi connectivity index (χ3n) is 7.68. The standard InChI is InChI=1S/C36H38N4O4S3/c1-4-30(46-28-13-9-12-27(20-28)38-36(45)37-26-16-14-25(15-17-26)23(3)41)33(42)39-34-32(35(43)44-5-2)29-18-19-40(22-31(29)47-34)21-24-10-7-6-8-11-24/h6-17,20,30H,4-5,18-19,21-22H2,1-3H3,(H,39,42)(H2,37,38,45). The summed E-state index contributed by atoms with van der Waals surface area (Å²) in [7, 11) is 0. The molecule has 1 aromatic heterocycles. The van der Waals surface area contributed by atoms with Gasteiger partial charge in [-0.15, -0.1) is 23.1 Å². The molecule has 0 radical (unpaired) electrons. The van der Waals surface area contributed by atoms with Crippen LogP contribution in [0.1, 0.15) is 63.9 Å². The molecule has 1 atom stereocenters. The van der Waals surface area contributed by atoms with Crippen LogP contribution < -0.4 is 16.0 Å². The minimum absolute atomic E-state index is 0.00505. The molecule has 5 rings (SSSR count). The Bertz CT molecular complexity index is 1740. The number of Topliss-reactive ketones (excluding diaryl/α,β-unsaturated/α-hetero) is 1. The van der Waals surface area contributed by atoms with Gasteiger partial charge in [-0.2, -0.15) is 0 Å². The van der Waals surface area contributed by atoms with Gasteiger partial charge < -0.3 is 20.7 Å². The summed E-state index contributed by atoms with van der Waals surface area (Å²) >= 11 is 8.43. The SMILES string of the molecule is CCOC(=O)c1c(NC(=O)C(CC)Sc2cccc(NC(=S)Nc3ccc(C(C)=O)cc3)c2)sc2c1CCN(Cc1ccccc1)C2. The summed E-state index contributed by atoms with van der Waals surface area (Å²) in [5.74, 6) is -0.548. The normalized spacial score (nSPS) is 13.3. The molecule has 0 saturated carbocycles. The number of rotatable bonds is 12. The third kappa shape index (κ3) is 9.07. The van der Waals surface area contributed by atoms with Crippen molar-refractivity contribution in [3.8, 4) is 0 Å². The van der Waals surface area contributed by atoms with Crippen LogP contribution in [-0.4, -0.2) is 46.1 Å². The van der Waals surface area contributed by atoms with Gasteiger partial charge in [0.1, 0.15) is 5.00 Å². The number of thiophene rings is 1. The zero-order valence-electron chi connectivity index (χ0n) is 26.6. The molecule has 1 aliphatic rings.